The number of likely N-dealkylation sites (tertiary alicyclic amines) is 1. The van der Waals surface area contributed by atoms with Crippen LogP contribution in [-0.2, 0) is 11.3 Å². The van der Waals surface area contributed by atoms with Crippen LogP contribution < -0.4 is 10.6 Å². The molecule has 0 aromatic carbocycles. The fraction of sp³-hybridized carbons (Fsp3) is 0.615. The molecule has 0 spiro atoms. The normalized spacial score (nSPS) is 14.8. The maximum atomic E-state index is 11.9. The largest absolute Gasteiger partial charge is 0.350 e. The van der Waals surface area contributed by atoms with E-state index in [1.165, 1.54) is 0 Å². The number of amides is 1. The van der Waals surface area contributed by atoms with Crippen LogP contribution in [-0.4, -0.2) is 48.4 Å². The summed E-state index contributed by atoms with van der Waals surface area (Å²) in [6.07, 6.45) is 2.23. The summed E-state index contributed by atoms with van der Waals surface area (Å²) < 4.78 is 0. The van der Waals surface area contributed by atoms with Gasteiger partial charge in [0.05, 0.1) is 13.1 Å². The van der Waals surface area contributed by atoms with E-state index in [1.54, 1.807) is 18.4 Å². The van der Waals surface area contributed by atoms with Gasteiger partial charge in [-0.1, -0.05) is 0 Å². The van der Waals surface area contributed by atoms with Gasteiger partial charge in [-0.15, -0.1) is 35.3 Å². The van der Waals surface area contributed by atoms with Crippen molar-refractivity contribution in [3.63, 3.8) is 0 Å². The van der Waals surface area contributed by atoms with Crippen LogP contribution in [0.4, 0.5) is 0 Å². The van der Waals surface area contributed by atoms with Gasteiger partial charge >= 0.3 is 0 Å². The van der Waals surface area contributed by atoms with E-state index < -0.39 is 0 Å². The van der Waals surface area contributed by atoms with Crippen LogP contribution in [0.5, 0.6) is 0 Å². The van der Waals surface area contributed by atoms with Crippen molar-refractivity contribution in [3.8, 4) is 0 Å². The predicted molar refractivity (Wildman–Crippen MR) is 96.3 cm³/mol. The number of carbonyl (C=O) groups excluding carboxylic acids is 1. The molecule has 1 fully saturated rings. The highest BCUT2D eigenvalue weighted by Crippen LogP contribution is 2.08. The second-order valence-corrected chi connectivity index (χ2v) is 5.69. The number of hydrogen-bond donors (Lipinski definition) is 2. The van der Waals surface area contributed by atoms with E-state index in [4.69, 9.17) is 0 Å². The molecule has 1 saturated heterocycles. The van der Waals surface area contributed by atoms with Gasteiger partial charge in [0.2, 0.25) is 5.91 Å². The van der Waals surface area contributed by atoms with Gasteiger partial charge in [0.1, 0.15) is 5.01 Å². The Morgan fingerprint density at radius 1 is 1.43 bits per heavy atom. The quantitative estimate of drug-likeness (QED) is 0.436. The molecular weight excluding hydrogens is 401 g/mol. The molecule has 21 heavy (non-hydrogen) atoms. The van der Waals surface area contributed by atoms with Crippen molar-refractivity contribution in [1.82, 2.24) is 20.5 Å². The summed E-state index contributed by atoms with van der Waals surface area (Å²) in [6.45, 7) is 4.64. The highest BCUT2D eigenvalue weighted by molar-refractivity contribution is 14.0. The molecule has 2 rings (SSSR count). The van der Waals surface area contributed by atoms with Crippen LogP contribution in [0.1, 0.15) is 23.5 Å². The van der Waals surface area contributed by atoms with Gasteiger partial charge in [-0.3, -0.25) is 9.79 Å². The molecule has 1 aromatic rings. The molecule has 1 aliphatic rings. The summed E-state index contributed by atoms with van der Waals surface area (Å²) in [6, 6.07) is 0. The highest BCUT2D eigenvalue weighted by atomic mass is 127. The van der Waals surface area contributed by atoms with E-state index in [0.29, 0.717) is 12.5 Å². The number of carbonyl (C=O) groups is 1. The van der Waals surface area contributed by atoms with Crippen LogP contribution in [0, 0.1) is 6.92 Å². The fourth-order valence-corrected chi connectivity index (χ4v) is 2.81. The molecule has 1 aliphatic heterocycles. The van der Waals surface area contributed by atoms with Crippen LogP contribution >= 0.6 is 35.3 Å². The number of thiazole rings is 1. The summed E-state index contributed by atoms with van der Waals surface area (Å²) >= 11 is 1.62. The molecular formula is C13H22IN5OS. The van der Waals surface area contributed by atoms with Crippen LogP contribution in [0.2, 0.25) is 0 Å². The number of aryl methyl sites for hydroxylation is 1. The highest BCUT2D eigenvalue weighted by Gasteiger charge is 2.17. The standard InChI is InChI=1S/C13H21N5OS.HI/c1-10-9-20-11(17-10)7-15-13(14-2)16-8-12(19)18-5-3-4-6-18;/h9H,3-8H2,1-2H3,(H2,14,15,16);1H. The van der Waals surface area contributed by atoms with Crippen LogP contribution in [0.25, 0.3) is 0 Å². The predicted octanol–water partition coefficient (Wildman–Crippen LogP) is 1.36. The summed E-state index contributed by atoms with van der Waals surface area (Å²) in [4.78, 5) is 22.3. The number of nitrogens with zero attached hydrogens (tertiary/aromatic N) is 3. The molecule has 118 valence electrons. The lowest BCUT2D eigenvalue weighted by Gasteiger charge is -2.17. The Hall–Kier alpha value is -0.900. The number of hydrogen-bond acceptors (Lipinski definition) is 4. The SMILES string of the molecule is CN=C(NCC(=O)N1CCCC1)NCc1nc(C)cs1.I. The van der Waals surface area contributed by atoms with Gasteiger partial charge in [-0.25, -0.2) is 4.98 Å². The third-order valence-corrected chi connectivity index (χ3v) is 4.13. The molecule has 2 heterocycles. The van der Waals surface area contributed by atoms with Gasteiger partial charge < -0.3 is 15.5 Å². The minimum atomic E-state index is 0. The van der Waals surface area contributed by atoms with Crippen molar-refractivity contribution in [2.45, 2.75) is 26.3 Å². The number of guanidine groups is 1. The van der Waals surface area contributed by atoms with E-state index >= 15 is 0 Å². The number of aliphatic imine (C=N–C) groups is 1. The van der Waals surface area contributed by atoms with Crippen molar-refractivity contribution in [1.29, 1.82) is 0 Å². The van der Waals surface area contributed by atoms with E-state index in [0.717, 1.165) is 36.6 Å². The first kappa shape index (κ1) is 18.1. The molecule has 0 unspecified atom stereocenters. The number of halogens is 1. The Balaban J connectivity index is 0.00000220. The molecule has 6 nitrogen and oxygen atoms in total. The second-order valence-electron chi connectivity index (χ2n) is 4.75. The first-order valence-corrected chi connectivity index (χ1v) is 7.70. The van der Waals surface area contributed by atoms with Crippen LogP contribution in [0.15, 0.2) is 10.4 Å². The summed E-state index contributed by atoms with van der Waals surface area (Å²) in [5, 5.41) is 9.24. The third kappa shape index (κ3) is 5.77. The van der Waals surface area contributed by atoms with E-state index in [2.05, 4.69) is 20.6 Å². The van der Waals surface area contributed by atoms with Gasteiger partial charge in [-0.2, -0.15) is 0 Å². The topological polar surface area (TPSA) is 69.6 Å². The van der Waals surface area contributed by atoms with Crippen molar-refractivity contribution < 1.29 is 4.79 Å². The number of rotatable bonds is 4. The van der Waals surface area contributed by atoms with Crippen molar-refractivity contribution in [2.24, 2.45) is 4.99 Å². The molecule has 1 amide bonds. The lowest BCUT2D eigenvalue weighted by Crippen LogP contribution is -2.43. The Bertz CT molecular complexity index is 485. The Labute approximate surface area is 146 Å². The molecule has 0 aliphatic carbocycles. The van der Waals surface area contributed by atoms with E-state index in [1.807, 2.05) is 17.2 Å². The molecule has 2 N–H and O–H groups in total. The van der Waals surface area contributed by atoms with E-state index in [-0.39, 0.29) is 36.4 Å². The van der Waals surface area contributed by atoms with Crippen LogP contribution in [0.3, 0.4) is 0 Å². The zero-order valence-electron chi connectivity index (χ0n) is 12.4. The average molecular weight is 423 g/mol. The van der Waals surface area contributed by atoms with Crippen molar-refractivity contribution in [2.75, 3.05) is 26.7 Å². The Morgan fingerprint density at radius 2 is 2.14 bits per heavy atom. The average Bonchev–Trinajstić information content (AvgIpc) is 3.10. The minimum absolute atomic E-state index is 0. The van der Waals surface area contributed by atoms with E-state index in [9.17, 15) is 4.79 Å². The summed E-state index contributed by atoms with van der Waals surface area (Å²) in [7, 11) is 1.70. The fourth-order valence-electron chi connectivity index (χ4n) is 2.10. The lowest BCUT2D eigenvalue weighted by molar-refractivity contribution is -0.128. The second kappa shape index (κ2) is 9.19. The molecule has 8 heteroatoms. The number of aromatic nitrogens is 1. The zero-order chi connectivity index (χ0) is 14.4. The molecule has 1 aromatic heterocycles. The molecule has 0 atom stereocenters. The maximum absolute atomic E-state index is 11.9. The van der Waals surface area contributed by atoms with Crippen molar-refractivity contribution in [3.05, 3.63) is 16.1 Å². The summed E-state index contributed by atoms with van der Waals surface area (Å²) in [5.41, 5.74) is 1.03. The number of nitrogens with one attached hydrogen (secondary N) is 2. The Kier molecular flexibility index (Phi) is 7.94. The Morgan fingerprint density at radius 3 is 2.71 bits per heavy atom. The maximum Gasteiger partial charge on any atom is 0.241 e. The van der Waals surface area contributed by atoms with Gasteiger partial charge in [-0.05, 0) is 19.8 Å². The zero-order valence-corrected chi connectivity index (χ0v) is 15.5. The van der Waals surface area contributed by atoms with Crippen molar-refractivity contribution >= 4 is 47.2 Å². The lowest BCUT2D eigenvalue weighted by atomic mass is 10.4. The van der Waals surface area contributed by atoms with Gasteiger partial charge in [0, 0.05) is 31.2 Å². The first-order valence-electron chi connectivity index (χ1n) is 6.82. The molecule has 0 bridgehead atoms. The first-order chi connectivity index (χ1) is 9.69. The van der Waals surface area contributed by atoms with Gasteiger partial charge in [0.25, 0.3) is 0 Å². The van der Waals surface area contributed by atoms with Gasteiger partial charge in [0.15, 0.2) is 5.96 Å². The molecule has 0 radical (unpaired) electrons. The smallest absolute Gasteiger partial charge is 0.241 e. The third-order valence-electron chi connectivity index (χ3n) is 3.16. The molecule has 0 saturated carbocycles. The monoisotopic (exact) mass is 423 g/mol. The minimum Gasteiger partial charge on any atom is -0.350 e. The summed E-state index contributed by atoms with van der Waals surface area (Å²) in [5.74, 6) is 0.765.